The Kier molecular flexibility index (Phi) is 6.44. The minimum absolute atomic E-state index is 0.142. The number of rotatable bonds is 7. The molecule has 0 atom stereocenters. The van der Waals surface area contributed by atoms with Crippen molar-refractivity contribution >= 4 is 29.1 Å². The van der Waals surface area contributed by atoms with Crippen LogP contribution in [0.4, 0.5) is 11.5 Å². The first kappa shape index (κ1) is 18.1. The smallest absolute Gasteiger partial charge is 0.350 e. The van der Waals surface area contributed by atoms with Crippen LogP contribution in [0.25, 0.3) is 0 Å². The van der Waals surface area contributed by atoms with Crippen molar-refractivity contribution in [1.29, 1.82) is 0 Å². The quantitative estimate of drug-likeness (QED) is 0.266. The summed E-state index contributed by atoms with van der Waals surface area (Å²) in [4.78, 5) is 33.9. The van der Waals surface area contributed by atoms with Crippen LogP contribution in [0.2, 0.25) is 5.15 Å². The average molecular weight is 333 g/mol. The van der Waals surface area contributed by atoms with Crippen molar-refractivity contribution in [3.63, 3.8) is 0 Å². The molecule has 22 heavy (non-hydrogen) atoms. The van der Waals surface area contributed by atoms with E-state index in [-0.39, 0.29) is 30.2 Å². The molecule has 1 aromatic rings. The Morgan fingerprint density at radius 2 is 2.09 bits per heavy atom. The Hall–Kier alpha value is -2.00. The van der Waals surface area contributed by atoms with Gasteiger partial charge in [0.15, 0.2) is 0 Å². The van der Waals surface area contributed by atoms with Crippen molar-refractivity contribution < 1.29 is 19.3 Å². The van der Waals surface area contributed by atoms with Gasteiger partial charge in [-0.25, -0.2) is 15.4 Å². The van der Waals surface area contributed by atoms with Crippen LogP contribution in [0.3, 0.4) is 0 Å². The molecule has 0 unspecified atom stereocenters. The van der Waals surface area contributed by atoms with E-state index in [9.17, 15) is 14.9 Å². The number of hydrogen-bond donors (Lipinski definition) is 1. The fourth-order valence-corrected chi connectivity index (χ4v) is 1.43. The van der Waals surface area contributed by atoms with Crippen molar-refractivity contribution in [3.8, 4) is 0 Å². The second-order valence-corrected chi connectivity index (χ2v) is 5.67. The predicted molar refractivity (Wildman–Crippen MR) is 78.3 cm³/mol. The van der Waals surface area contributed by atoms with Gasteiger partial charge in [0, 0.05) is 6.42 Å². The molecule has 0 fully saturated rings. The second-order valence-electron chi connectivity index (χ2n) is 5.31. The molecular formula is C12H17ClN4O5. The maximum Gasteiger partial charge on any atom is 0.350 e. The van der Waals surface area contributed by atoms with E-state index in [0.29, 0.717) is 6.42 Å². The van der Waals surface area contributed by atoms with Gasteiger partial charge in [0.25, 0.3) is 0 Å². The highest BCUT2D eigenvalue weighted by molar-refractivity contribution is 6.31. The molecule has 0 amide bonds. The fourth-order valence-electron chi connectivity index (χ4n) is 1.23. The van der Waals surface area contributed by atoms with Gasteiger partial charge in [0.1, 0.15) is 6.33 Å². The number of aromatic nitrogens is 2. The maximum absolute atomic E-state index is 11.5. The molecule has 0 aliphatic rings. The lowest BCUT2D eigenvalue weighted by Gasteiger charge is -2.16. The van der Waals surface area contributed by atoms with Gasteiger partial charge in [0.05, 0.1) is 23.6 Å². The third-order valence-corrected chi connectivity index (χ3v) is 2.64. The van der Waals surface area contributed by atoms with Crippen LogP contribution in [0.5, 0.6) is 0 Å². The lowest BCUT2D eigenvalue weighted by Crippen LogP contribution is -2.23. The third-order valence-electron chi connectivity index (χ3n) is 2.37. The van der Waals surface area contributed by atoms with Crippen molar-refractivity contribution in [2.45, 2.75) is 27.2 Å². The Labute approximate surface area is 132 Å². The predicted octanol–water partition coefficient (Wildman–Crippen LogP) is 2.36. The molecule has 10 heteroatoms. The number of hydrogen-bond acceptors (Lipinski definition) is 8. The van der Waals surface area contributed by atoms with Crippen LogP contribution < -0.4 is 5.48 Å². The van der Waals surface area contributed by atoms with Crippen molar-refractivity contribution in [2.75, 3.05) is 18.7 Å². The zero-order valence-electron chi connectivity index (χ0n) is 12.5. The SMILES string of the molecule is CC(C)(C)C(=O)OCCCONc1ncnc(Cl)c1[N+](=O)[O-]. The van der Waals surface area contributed by atoms with Crippen molar-refractivity contribution in [2.24, 2.45) is 5.41 Å². The summed E-state index contributed by atoms with van der Waals surface area (Å²) in [7, 11) is 0. The summed E-state index contributed by atoms with van der Waals surface area (Å²) in [6, 6.07) is 0. The van der Waals surface area contributed by atoms with Gasteiger partial charge in [-0.05, 0) is 20.8 Å². The average Bonchev–Trinajstić information content (AvgIpc) is 2.40. The highest BCUT2D eigenvalue weighted by Crippen LogP contribution is 2.28. The van der Waals surface area contributed by atoms with Crippen LogP contribution in [0.1, 0.15) is 27.2 Å². The first-order chi connectivity index (χ1) is 10.2. The van der Waals surface area contributed by atoms with E-state index in [2.05, 4.69) is 15.4 Å². The van der Waals surface area contributed by atoms with Gasteiger partial charge in [-0.2, -0.15) is 0 Å². The van der Waals surface area contributed by atoms with Gasteiger partial charge in [-0.1, -0.05) is 11.6 Å². The number of ether oxygens (including phenoxy) is 1. The summed E-state index contributed by atoms with van der Waals surface area (Å²) >= 11 is 5.62. The number of carbonyl (C=O) groups is 1. The summed E-state index contributed by atoms with van der Waals surface area (Å²) < 4.78 is 5.04. The molecular weight excluding hydrogens is 316 g/mol. The van der Waals surface area contributed by atoms with Crippen molar-refractivity contribution in [3.05, 3.63) is 21.6 Å². The second kappa shape index (κ2) is 7.85. The van der Waals surface area contributed by atoms with Gasteiger partial charge >= 0.3 is 11.7 Å². The largest absolute Gasteiger partial charge is 0.465 e. The van der Waals surface area contributed by atoms with Crippen LogP contribution in [-0.2, 0) is 14.4 Å². The molecule has 1 rings (SSSR count). The van der Waals surface area contributed by atoms with E-state index in [1.54, 1.807) is 20.8 Å². The number of esters is 1. The maximum atomic E-state index is 11.5. The van der Waals surface area contributed by atoms with Crippen LogP contribution in [-0.4, -0.2) is 34.1 Å². The molecule has 0 aliphatic heterocycles. The van der Waals surface area contributed by atoms with E-state index in [4.69, 9.17) is 21.2 Å². The molecule has 0 bridgehead atoms. The highest BCUT2D eigenvalue weighted by atomic mass is 35.5. The topological polar surface area (TPSA) is 116 Å². The lowest BCUT2D eigenvalue weighted by molar-refractivity contribution is -0.384. The Bertz CT molecular complexity index is 547. The normalized spacial score (nSPS) is 11.1. The standard InChI is InChI=1S/C12H17ClN4O5/c1-12(2,3)11(18)21-5-4-6-22-16-10-8(17(19)20)9(13)14-7-15-10/h7H,4-6H2,1-3H3,(H,14,15,16). The fraction of sp³-hybridized carbons (Fsp3) is 0.583. The molecule has 1 N–H and O–H groups in total. The minimum Gasteiger partial charge on any atom is -0.465 e. The van der Waals surface area contributed by atoms with Crippen LogP contribution in [0, 0.1) is 15.5 Å². The van der Waals surface area contributed by atoms with Gasteiger partial charge < -0.3 is 4.74 Å². The van der Waals surface area contributed by atoms with E-state index in [1.165, 1.54) is 0 Å². The molecule has 9 nitrogen and oxygen atoms in total. The summed E-state index contributed by atoms with van der Waals surface area (Å²) in [5.41, 5.74) is 1.31. The summed E-state index contributed by atoms with van der Waals surface area (Å²) in [6.45, 7) is 5.61. The van der Waals surface area contributed by atoms with E-state index >= 15 is 0 Å². The van der Waals surface area contributed by atoms with Crippen LogP contribution in [0.15, 0.2) is 6.33 Å². The van der Waals surface area contributed by atoms with Gasteiger partial charge in [0.2, 0.25) is 11.0 Å². The lowest BCUT2D eigenvalue weighted by atomic mass is 9.97. The van der Waals surface area contributed by atoms with E-state index in [1.807, 2.05) is 0 Å². The minimum atomic E-state index is -0.709. The third kappa shape index (κ3) is 5.41. The summed E-state index contributed by atoms with van der Waals surface area (Å²) in [5, 5.41) is 10.5. The van der Waals surface area contributed by atoms with Gasteiger partial charge in [-0.3, -0.25) is 19.7 Å². The zero-order valence-corrected chi connectivity index (χ0v) is 13.2. The monoisotopic (exact) mass is 332 g/mol. The number of nitrogens with zero attached hydrogens (tertiary/aromatic N) is 3. The Morgan fingerprint density at radius 1 is 1.41 bits per heavy atom. The molecule has 0 aliphatic carbocycles. The molecule has 0 saturated heterocycles. The summed E-state index contributed by atoms with van der Waals surface area (Å²) in [5.74, 6) is -0.449. The molecule has 0 radical (unpaired) electrons. The Morgan fingerprint density at radius 3 is 2.68 bits per heavy atom. The molecule has 0 aromatic carbocycles. The van der Waals surface area contributed by atoms with E-state index < -0.39 is 16.0 Å². The first-order valence-electron chi connectivity index (χ1n) is 6.43. The molecule has 0 spiro atoms. The molecule has 0 saturated carbocycles. The summed E-state index contributed by atoms with van der Waals surface area (Å²) in [6.07, 6.45) is 1.49. The molecule has 122 valence electrons. The number of halogens is 1. The Balaban J connectivity index is 2.36. The molecule has 1 aromatic heterocycles. The molecule has 1 heterocycles. The number of nitro groups is 1. The number of nitrogens with one attached hydrogen (secondary N) is 1. The number of anilines is 1. The van der Waals surface area contributed by atoms with Crippen LogP contribution >= 0.6 is 11.6 Å². The highest BCUT2D eigenvalue weighted by Gasteiger charge is 2.23. The first-order valence-corrected chi connectivity index (χ1v) is 6.81. The van der Waals surface area contributed by atoms with E-state index in [0.717, 1.165) is 6.33 Å². The van der Waals surface area contributed by atoms with Gasteiger partial charge in [-0.15, -0.1) is 0 Å². The number of carbonyl (C=O) groups excluding carboxylic acids is 1. The van der Waals surface area contributed by atoms with Crippen molar-refractivity contribution in [1.82, 2.24) is 9.97 Å². The zero-order chi connectivity index (χ0) is 16.8.